The van der Waals surface area contributed by atoms with Crippen LogP contribution in [0.3, 0.4) is 0 Å². The lowest BCUT2D eigenvalue weighted by Gasteiger charge is -2.37. The van der Waals surface area contributed by atoms with Crippen molar-refractivity contribution in [3.8, 4) is 0 Å². The maximum absolute atomic E-state index is 9.47. The highest BCUT2D eigenvalue weighted by atomic mass is 16.3. The Bertz CT molecular complexity index is 415. The van der Waals surface area contributed by atoms with Gasteiger partial charge < -0.3 is 15.1 Å². The molecule has 0 bridgehead atoms. The molecule has 0 saturated carbocycles. The summed E-state index contributed by atoms with van der Waals surface area (Å²) in [5, 5.41) is 18.3. The Morgan fingerprint density at radius 2 is 1.84 bits per heavy atom. The Kier molecular flexibility index (Phi) is 4.80. The van der Waals surface area contributed by atoms with E-state index in [9.17, 15) is 5.11 Å². The van der Waals surface area contributed by atoms with Crippen molar-refractivity contribution in [3.05, 3.63) is 29.3 Å². The standard InChI is InChI=1S/C15H24N2O2/c1-12-4-3-5-15(13(12)2)17-8-6-16(7-9-17)10-14(19)11-18/h3-5,14,18-19H,6-11H2,1-2H3. The van der Waals surface area contributed by atoms with Crippen molar-refractivity contribution in [2.45, 2.75) is 20.0 Å². The van der Waals surface area contributed by atoms with Gasteiger partial charge in [0.1, 0.15) is 0 Å². The Hall–Kier alpha value is -1.10. The van der Waals surface area contributed by atoms with Crippen LogP contribution in [0.5, 0.6) is 0 Å². The Labute approximate surface area is 115 Å². The number of rotatable bonds is 4. The molecule has 1 atom stereocenters. The zero-order chi connectivity index (χ0) is 13.8. The minimum absolute atomic E-state index is 0.156. The molecule has 2 N–H and O–H groups in total. The first-order valence-electron chi connectivity index (χ1n) is 6.94. The van der Waals surface area contributed by atoms with Crippen molar-refractivity contribution >= 4 is 5.69 Å². The van der Waals surface area contributed by atoms with Crippen LogP contribution in [0.15, 0.2) is 18.2 Å². The van der Waals surface area contributed by atoms with Crippen LogP contribution in [0.1, 0.15) is 11.1 Å². The average molecular weight is 264 g/mol. The van der Waals surface area contributed by atoms with Crippen molar-refractivity contribution in [2.75, 3.05) is 44.2 Å². The lowest BCUT2D eigenvalue weighted by atomic mass is 10.1. The number of piperazine rings is 1. The summed E-state index contributed by atoms with van der Waals surface area (Å²) in [4.78, 5) is 4.62. The fourth-order valence-corrected chi connectivity index (χ4v) is 2.61. The maximum atomic E-state index is 9.47. The highest BCUT2D eigenvalue weighted by Crippen LogP contribution is 2.23. The summed E-state index contributed by atoms with van der Waals surface area (Å²) in [5.41, 5.74) is 4.00. The molecule has 1 saturated heterocycles. The molecular weight excluding hydrogens is 240 g/mol. The molecule has 1 aliphatic rings. The number of benzene rings is 1. The lowest BCUT2D eigenvalue weighted by molar-refractivity contribution is 0.0575. The number of aryl methyl sites for hydroxylation is 1. The van der Waals surface area contributed by atoms with Crippen LogP contribution in [0.25, 0.3) is 0 Å². The van der Waals surface area contributed by atoms with E-state index in [1.807, 2.05) is 0 Å². The fraction of sp³-hybridized carbons (Fsp3) is 0.600. The molecule has 0 aliphatic carbocycles. The Balaban J connectivity index is 1.94. The number of aliphatic hydroxyl groups excluding tert-OH is 2. The summed E-state index contributed by atoms with van der Waals surface area (Å²) >= 11 is 0. The number of hydrogen-bond donors (Lipinski definition) is 2. The van der Waals surface area contributed by atoms with E-state index in [1.165, 1.54) is 16.8 Å². The fourth-order valence-electron chi connectivity index (χ4n) is 2.61. The molecule has 4 nitrogen and oxygen atoms in total. The van der Waals surface area contributed by atoms with Crippen LogP contribution in [-0.2, 0) is 0 Å². The van der Waals surface area contributed by atoms with E-state index in [4.69, 9.17) is 5.11 Å². The first-order valence-corrected chi connectivity index (χ1v) is 6.94. The van der Waals surface area contributed by atoms with E-state index in [1.54, 1.807) is 0 Å². The topological polar surface area (TPSA) is 46.9 Å². The van der Waals surface area contributed by atoms with Crippen molar-refractivity contribution in [1.82, 2.24) is 4.90 Å². The molecule has 1 unspecified atom stereocenters. The summed E-state index contributed by atoms with van der Waals surface area (Å²) in [7, 11) is 0. The summed E-state index contributed by atoms with van der Waals surface area (Å²) in [6.07, 6.45) is -0.618. The Morgan fingerprint density at radius 3 is 2.47 bits per heavy atom. The van der Waals surface area contributed by atoms with Gasteiger partial charge >= 0.3 is 0 Å². The zero-order valence-electron chi connectivity index (χ0n) is 11.8. The number of anilines is 1. The van der Waals surface area contributed by atoms with E-state index >= 15 is 0 Å². The number of β-amino-alcohol motifs (C(OH)–C–C–N with tert-alkyl or cyclic N) is 1. The van der Waals surface area contributed by atoms with E-state index < -0.39 is 6.10 Å². The van der Waals surface area contributed by atoms with E-state index in [0.717, 1.165) is 26.2 Å². The van der Waals surface area contributed by atoms with Gasteiger partial charge in [-0.2, -0.15) is 0 Å². The molecule has 0 amide bonds. The van der Waals surface area contributed by atoms with Gasteiger partial charge in [0, 0.05) is 38.4 Å². The maximum Gasteiger partial charge on any atom is 0.0897 e. The highest BCUT2D eigenvalue weighted by Gasteiger charge is 2.20. The second-order valence-electron chi connectivity index (χ2n) is 5.34. The minimum Gasteiger partial charge on any atom is -0.394 e. The van der Waals surface area contributed by atoms with Crippen LogP contribution in [0.2, 0.25) is 0 Å². The predicted molar refractivity (Wildman–Crippen MR) is 77.7 cm³/mol. The van der Waals surface area contributed by atoms with Crippen LogP contribution in [0, 0.1) is 13.8 Å². The quantitative estimate of drug-likeness (QED) is 0.843. The van der Waals surface area contributed by atoms with Gasteiger partial charge in [-0.25, -0.2) is 0 Å². The molecule has 4 heteroatoms. The molecule has 2 rings (SSSR count). The lowest BCUT2D eigenvalue weighted by Crippen LogP contribution is -2.49. The predicted octanol–water partition coefficient (Wildman–Crippen LogP) is 0.779. The van der Waals surface area contributed by atoms with Crippen molar-refractivity contribution in [1.29, 1.82) is 0 Å². The van der Waals surface area contributed by atoms with Gasteiger partial charge in [0.05, 0.1) is 12.7 Å². The second kappa shape index (κ2) is 6.37. The molecule has 1 aromatic rings. The average Bonchev–Trinajstić information content (AvgIpc) is 2.43. The van der Waals surface area contributed by atoms with Crippen LogP contribution < -0.4 is 4.90 Å². The molecule has 0 aromatic heterocycles. The van der Waals surface area contributed by atoms with Crippen molar-refractivity contribution in [3.63, 3.8) is 0 Å². The van der Waals surface area contributed by atoms with Crippen LogP contribution in [0.4, 0.5) is 5.69 Å². The molecule has 1 heterocycles. The number of aliphatic hydroxyl groups is 2. The first-order chi connectivity index (χ1) is 9.11. The summed E-state index contributed by atoms with van der Waals surface area (Å²) in [6.45, 7) is 8.55. The Morgan fingerprint density at radius 1 is 1.16 bits per heavy atom. The highest BCUT2D eigenvalue weighted by molar-refractivity contribution is 5.56. The smallest absolute Gasteiger partial charge is 0.0897 e. The van der Waals surface area contributed by atoms with Gasteiger partial charge in [0.15, 0.2) is 0 Å². The van der Waals surface area contributed by atoms with Crippen molar-refractivity contribution in [2.24, 2.45) is 0 Å². The molecule has 1 fully saturated rings. The first kappa shape index (κ1) is 14.3. The molecule has 106 valence electrons. The number of hydrogen-bond acceptors (Lipinski definition) is 4. The van der Waals surface area contributed by atoms with Crippen molar-refractivity contribution < 1.29 is 10.2 Å². The normalized spacial score (nSPS) is 18.6. The third-order valence-corrected chi connectivity index (χ3v) is 3.97. The largest absolute Gasteiger partial charge is 0.394 e. The molecule has 0 spiro atoms. The van der Waals surface area contributed by atoms with Crippen LogP contribution >= 0.6 is 0 Å². The molecule has 1 aliphatic heterocycles. The van der Waals surface area contributed by atoms with Gasteiger partial charge in [-0.15, -0.1) is 0 Å². The minimum atomic E-state index is -0.618. The molecule has 19 heavy (non-hydrogen) atoms. The third-order valence-electron chi connectivity index (χ3n) is 3.97. The SMILES string of the molecule is Cc1cccc(N2CCN(CC(O)CO)CC2)c1C. The molecule has 1 aromatic carbocycles. The van der Waals surface area contributed by atoms with Gasteiger partial charge in [-0.05, 0) is 31.0 Å². The summed E-state index contributed by atoms with van der Waals surface area (Å²) in [6, 6.07) is 6.44. The zero-order valence-corrected chi connectivity index (χ0v) is 11.8. The molecular formula is C15H24N2O2. The third kappa shape index (κ3) is 3.47. The molecule has 0 radical (unpaired) electrons. The van der Waals surface area contributed by atoms with E-state index in [0.29, 0.717) is 6.54 Å². The van der Waals surface area contributed by atoms with Gasteiger partial charge in [-0.3, -0.25) is 4.90 Å². The van der Waals surface area contributed by atoms with Gasteiger partial charge in [0.2, 0.25) is 0 Å². The summed E-state index contributed by atoms with van der Waals surface area (Å²) in [5.74, 6) is 0. The number of nitrogens with zero attached hydrogens (tertiary/aromatic N) is 2. The second-order valence-corrected chi connectivity index (χ2v) is 5.34. The van der Waals surface area contributed by atoms with E-state index in [-0.39, 0.29) is 6.61 Å². The van der Waals surface area contributed by atoms with Gasteiger partial charge in [0.25, 0.3) is 0 Å². The van der Waals surface area contributed by atoms with Crippen LogP contribution in [-0.4, -0.2) is 60.5 Å². The monoisotopic (exact) mass is 264 g/mol. The van der Waals surface area contributed by atoms with E-state index in [2.05, 4.69) is 41.8 Å². The summed E-state index contributed by atoms with van der Waals surface area (Å²) < 4.78 is 0. The van der Waals surface area contributed by atoms with Gasteiger partial charge in [-0.1, -0.05) is 12.1 Å².